The van der Waals surface area contributed by atoms with E-state index in [4.69, 9.17) is 29.4 Å². The lowest BCUT2D eigenvalue weighted by Crippen LogP contribution is -2.49. The second-order valence-electron chi connectivity index (χ2n) is 23.3. The van der Waals surface area contributed by atoms with E-state index in [0.29, 0.717) is 69.7 Å². The molecule has 8 atom stereocenters. The number of nitrogens with one attached hydrogen (secondary N) is 3. The maximum Gasteiger partial charge on any atom is 0.358 e. The molecule has 81 heavy (non-hydrogen) atoms. The molecule has 19 heteroatoms. The molecule has 3 amide bonds. The van der Waals surface area contributed by atoms with E-state index in [2.05, 4.69) is 26.3 Å². The number of aromatic carboxylic acids is 1. The average molecular weight is 1130 g/mol. The van der Waals surface area contributed by atoms with Crippen molar-refractivity contribution in [3.05, 3.63) is 107 Å². The van der Waals surface area contributed by atoms with Crippen LogP contribution in [0.1, 0.15) is 190 Å². The first kappa shape index (κ1) is 66.8. The molecule has 6 rings (SSSR count). The Hall–Kier alpha value is -6.70. The number of nitrogens with zero attached hydrogens (tertiary/aromatic N) is 2. The first-order valence-electron chi connectivity index (χ1n) is 28.5. The second kappa shape index (κ2) is 31.5. The first-order chi connectivity index (χ1) is 38.2. The Kier molecular flexibility index (Phi) is 26.0. The number of hydrogen-bond acceptors (Lipinski definition) is 15. The van der Waals surface area contributed by atoms with Gasteiger partial charge in [0.25, 0.3) is 5.91 Å². The number of ketones is 4. The average Bonchev–Trinajstić information content (AvgIpc) is 4.26. The molecular formula is C62H88N6O13. The van der Waals surface area contributed by atoms with Crippen molar-refractivity contribution in [3.63, 3.8) is 0 Å². The fourth-order valence-corrected chi connectivity index (χ4v) is 8.95. The molecule has 0 radical (unpaired) electrons. The highest BCUT2D eigenvalue weighted by Crippen LogP contribution is 2.31. The van der Waals surface area contributed by atoms with Gasteiger partial charge < -0.3 is 45.3 Å². The van der Waals surface area contributed by atoms with Crippen LogP contribution in [0.4, 0.5) is 0 Å². The number of benzene rings is 2. The number of Topliss-reactive ketones (excluding diaryl/α,β-unsaturated/α-hetero) is 4. The monoisotopic (exact) mass is 1120 g/mol. The second-order valence-corrected chi connectivity index (χ2v) is 23.3. The minimum absolute atomic E-state index is 0.0336. The van der Waals surface area contributed by atoms with E-state index in [9.17, 15) is 38.4 Å². The Bertz CT molecular complexity index is 2690. The summed E-state index contributed by atoms with van der Waals surface area (Å²) in [4.78, 5) is 102. The van der Waals surface area contributed by atoms with Gasteiger partial charge in [0.15, 0.2) is 28.7 Å². The Labute approximate surface area is 477 Å². The molecule has 2 aliphatic rings. The van der Waals surface area contributed by atoms with Gasteiger partial charge >= 0.3 is 5.97 Å². The summed E-state index contributed by atoms with van der Waals surface area (Å²) < 4.78 is 20.7. The Morgan fingerprint density at radius 1 is 0.580 bits per heavy atom. The highest BCUT2D eigenvalue weighted by Gasteiger charge is 2.51. The summed E-state index contributed by atoms with van der Waals surface area (Å²) in [7, 11) is 0. The molecule has 444 valence electrons. The molecule has 0 bridgehead atoms. The zero-order valence-electron chi connectivity index (χ0n) is 49.5. The zero-order valence-corrected chi connectivity index (χ0v) is 49.5. The molecule has 19 nitrogen and oxygen atoms in total. The maximum absolute atomic E-state index is 13.7. The van der Waals surface area contributed by atoms with Crippen LogP contribution in [-0.4, -0.2) is 111 Å². The number of carboxylic acid groups (broad SMARTS) is 1. The first-order valence-corrected chi connectivity index (χ1v) is 28.5. The van der Waals surface area contributed by atoms with Crippen molar-refractivity contribution in [2.45, 2.75) is 194 Å². The van der Waals surface area contributed by atoms with Gasteiger partial charge in [-0.25, -0.2) is 4.79 Å². The molecule has 0 spiro atoms. The van der Waals surface area contributed by atoms with Crippen LogP contribution in [-0.2, 0) is 51.1 Å². The van der Waals surface area contributed by atoms with Gasteiger partial charge in [-0.3, -0.25) is 33.6 Å². The number of ether oxygens (including phenoxy) is 2. The third-order valence-electron chi connectivity index (χ3n) is 14.1. The van der Waals surface area contributed by atoms with Gasteiger partial charge in [-0.15, -0.1) is 0 Å². The van der Waals surface area contributed by atoms with E-state index in [1.54, 1.807) is 19.9 Å². The van der Waals surface area contributed by atoms with Crippen molar-refractivity contribution in [3.8, 4) is 0 Å². The van der Waals surface area contributed by atoms with Crippen molar-refractivity contribution >= 4 is 46.8 Å². The minimum Gasteiger partial charge on any atom is -0.476 e. The molecule has 2 fully saturated rings. The third-order valence-corrected chi connectivity index (χ3v) is 14.1. The molecule has 0 aliphatic carbocycles. The van der Waals surface area contributed by atoms with Gasteiger partial charge in [-0.1, -0.05) is 153 Å². The van der Waals surface area contributed by atoms with Crippen molar-refractivity contribution in [1.82, 2.24) is 26.3 Å². The van der Waals surface area contributed by atoms with Gasteiger partial charge in [0.2, 0.25) is 11.8 Å². The molecule has 2 aromatic carbocycles. The summed E-state index contributed by atoms with van der Waals surface area (Å²) in [6.45, 7) is 23.8. The summed E-state index contributed by atoms with van der Waals surface area (Å²) >= 11 is 0. The van der Waals surface area contributed by atoms with Crippen molar-refractivity contribution in [2.75, 3.05) is 13.2 Å². The number of carbonyl (C=O) groups is 8. The van der Waals surface area contributed by atoms with Crippen LogP contribution in [0.3, 0.4) is 0 Å². The largest absolute Gasteiger partial charge is 0.476 e. The number of aromatic nitrogens is 2. The summed E-state index contributed by atoms with van der Waals surface area (Å²) in [5, 5.41) is 24.3. The molecular weight excluding hydrogens is 1040 g/mol. The molecule has 0 unspecified atom stereocenters. The summed E-state index contributed by atoms with van der Waals surface area (Å²) in [6.07, 6.45) is 4.22. The Morgan fingerprint density at radius 3 is 1.32 bits per heavy atom. The fourth-order valence-electron chi connectivity index (χ4n) is 8.95. The van der Waals surface area contributed by atoms with E-state index in [1.165, 1.54) is 6.07 Å². The molecule has 2 aliphatic heterocycles. The SMILES string of the molecule is CC(C)c1cc(C(=O)O)no1.CCC[C@H](N)C(=O)C[C@@H](Cc1ccccc1)C(=O)N[C@@H](CC(C)C)C(=O)[C@@]1(C)CO1.CCC[C@H](NC(=O)c1cc(C(C)C)on1)C(=O)C[C@@H](Cc1ccccc1)C(=O)N[C@@H](CC(C)C)C(=O)[C@@]1(C)CO1. The van der Waals surface area contributed by atoms with Crippen LogP contribution >= 0.6 is 0 Å². The van der Waals surface area contributed by atoms with Crippen molar-refractivity contribution < 1.29 is 62.0 Å². The molecule has 2 saturated heterocycles. The van der Waals surface area contributed by atoms with Crippen LogP contribution in [0.15, 0.2) is 81.8 Å². The highest BCUT2D eigenvalue weighted by atomic mass is 16.6. The lowest BCUT2D eigenvalue weighted by molar-refractivity contribution is -0.134. The minimum atomic E-state index is -1.05. The van der Waals surface area contributed by atoms with Gasteiger partial charge in [0.05, 0.1) is 37.4 Å². The lowest BCUT2D eigenvalue weighted by atomic mass is 9.88. The maximum atomic E-state index is 13.7. The summed E-state index contributed by atoms with van der Waals surface area (Å²) in [5.74, 6) is -2.26. The number of epoxide rings is 2. The van der Waals surface area contributed by atoms with Crippen molar-refractivity contribution in [1.29, 1.82) is 0 Å². The Morgan fingerprint density at radius 2 is 0.975 bits per heavy atom. The van der Waals surface area contributed by atoms with Crippen LogP contribution in [0.5, 0.6) is 0 Å². The smallest absolute Gasteiger partial charge is 0.358 e. The van der Waals surface area contributed by atoms with Gasteiger partial charge in [0.1, 0.15) is 28.5 Å². The normalized spacial score (nSPS) is 18.4. The lowest BCUT2D eigenvalue weighted by Gasteiger charge is -2.25. The van der Waals surface area contributed by atoms with Crippen molar-refractivity contribution in [2.24, 2.45) is 29.4 Å². The van der Waals surface area contributed by atoms with Gasteiger partial charge in [-0.05, 0) is 75.3 Å². The van der Waals surface area contributed by atoms with Crippen LogP contribution < -0.4 is 21.7 Å². The Balaban J connectivity index is 0.000000301. The van der Waals surface area contributed by atoms with E-state index in [1.807, 2.05) is 130 Å². The molecule has 0 saturated carbocycles. The summed E-state index contributed by atoms with van der Waals surface area (Å²) in [5.41, 5.74) is 6.28. The quantitative estimate of drug-likeness (QED) is 0.0294. The van der Waals surface area contributed by atoms with E-state index in [-0.39, 0.29) is 82.8 Å². The molecule has 6 N–H and O–H groups in total. The molecule has 4 heterocycles. The predicted molar refractivity (Wildman–Crippen MR) is 305 cm³/mol. The van der Waals surface area contributed by atoms with E-state index in [0.717, 1.165) is 17.5 Å². The predicted octanol–water partition coefficient (Wildman–Crippen LogP) is 8.72. The van der Waals surface area contributed by atoms with Crippen LogP contribution in [0, 0.1) is 23.7 Å². The van der Waals surface area contributed by atoms with Crippen LogP contribution in [0.25, 0.3) is 0 Å². The van der Waals surface area contributed by atoms with Gasteiger partial charge in [0, 0.05) is 48.6 Å². The standard InChI is InChI=1S/C31H43N3O6.C24H36N2O4.C7H9NO3/c1-7-11-23(32-30(38)25-17-27(20(4)5)40-34-25)26(35)16-22(15-21-12-9-8-10-13-21)29(37)33-24(14-19(2)3)28(36)31(6)18-39-31;1-5-9-19(25)21(27)14-18(13-17-10-7-6-8-11-17)23(29)26-20(12-16(2)3)22(28)24(4)15-30-24;1-4(2)6-3-5(7(9)10)8-11-6/h8-10,12-13,17,19-20,22-24H,7,11,14-16,18H2,1-6H3,(H,32,38)(H,33,37);6-8,10-11,16,18-20H,5,9,12-15,25H2,1-4H3,(H,26,29);3-4H,1-2H3,(H,9,10)/t22-,23+,24+,31-;18-,19+,20+,24-;/m11./s1. The fraction of sp³-hybridized carbons (Fsp3) is 0.581. The number of hydrogen-bond donors (Lipinski definition) is 5. The summed E-state index contributed by atoms with van der Waals surface area (Å²) in [6, 6.07) is 19.4. The van der Waals surface area contributed by atoms with Crippen LogP contribution in [0.2, 0.25) is 0 Å². The zero-order chi connectivity index (χ0) is 60.2. The highest BCUT2D eigenvalue weighted by molar-refractivity contribution is 6.00. The third kappa shape index (κ3) is 21.6. The number of amides is 3. The number of rotatable bonds is 31. The molecule has 4 aromatic rings. The topological polar surface area (TPSA) is 296 Å². The number of nitrogens with two attached hydrogens (primary N) is 1. The van der Waals surface area contributed by atoms with E-state index >= 15 is 0 Å². The number of carbonyl (C=O) groups excluding carboxylic acids is 7. The van der Waals surface area contributed by atoms with Gasteiger partial charge in [-0.2, -0.15) is 0 Å². The number of carboxylic acids is 1. The molecule has 2 aromatic heterocycles. The van der Waals surface area contributed by atoms with E-state index < -0.39 is 59.1 Å².